The zero-order valence-electron chi connectivity index (χ0n) is 45.8. The molecule has 1 amide bonds. The van der Waals surface area contributed by atoms with Gasteiger partial charge in [0, 0.05) is 88.1 Å². The summed E-state index contributed by atoms with van der Waals surface area (Å²) in [4.78, 5) is 71.2. The Kier molecular flexibility index (Phi) is 17.0. The van der Waals surface area contributed by atoms with Crippen LogP contribution < -0.4 is 15.0 Å². The van der Waals surface area contributed by atoms with Crippen molar-refractivity contribution in [2.24, 2.45) is 0 Å². The number of aromatic nitrogens is 6. The van der Waals surface area contributed by atoms with Crippen molar-refractivity contribution in [1.29, 1.82) is 0 Å². The van der Waals surface area contributed by atoms with Crippen molar-refractivity contribution in [3.8, 4) is 22.9 Å². The number of esters is 1. The maximum Gasteiger partial charge on any atom is 0.415 e. The van der Waals surface area contributed by atoms with Gasteiger partial charge in [-0.05, 0) is 138 Å². The monoisotopic (exact) mass is 1080 g/mol. The first kappa shape index (κ1) is 54.1. The fourth-order valence-corrected chi connectivity index (χ4v) is 11.2. The lowest BCUT2D eigenvalue weighted by atomic mass is 9.90. The topological polar surface area (TPSA) is 158 Å². The largest absolute Gasteiger partial charge is 0.494 e. The van der Waals surface area contributed by atoms with Gasteiger partial charge >= 0.3 is 12.1 Å². The van der Waals surface area contributed by atoms with E-state index in [1.54, 1.807) is 15.5 Å². The van der Waals surface area contributed by atoms with Gasteiger partial charge in [0.2, 0.25) is 0 Å². The Hall–Kier alpha value is -8.92. The fraction of sp³-hybridized carbons (Fsp3) is 0.273. The Morgan fingerprint density at radius 3 is 1.77 bits per heavy atom. The van der Waals surface area contributed by atoms with Gasteiger partial charge in [-0.15, -0.1) is 0 Å². The van der Waals surface area contributed by atoms with Gasteiger partial charge in [-0.25, -0.2) is 9.78 Å². The molecular formula is C66H65N9O6. The molecule has 0 aliphatic carbocycles. The Bertz CT molecular complexity index is 3490. The molecule has 0 bridgehead atoms. The maximum atomic E-state index is 14.3. The second kappa shape index (κ2) is 25.5. The summed E-state index contributed by atoms with van der Waals surface area (Å²) in [5.41, 5.74) is 12.3. The van der Waals surface area contributed by atoms with E-state index in [2.05, 4.69) is 79.1 Å². The van der Waals surface area contributed by atoms with Crippen molar-refractivity contribution in [2.45, 2.75) is 104 Å². The number of ether oxygens (including phenoxy) is 3. The Morgan fingerprint density at radius 2 is 1.21 bits per heavy atom. The van der Waals surface area contributed by atoms with E-state index in [1.807, 2.05) is 129 Å². The number of unbranched alkanes of at least 4 members (excludes halogenated alkanes) is 1. The van der Waals surface area contributed by atoms with E-state index >= 15 is 0 Å². The zero-order valence-corrected chi connectivity index (χ0v) is 45.8. The first-order valence-corrected chi connectivity index (χ1v) is 27.9. The van der Waals surface area contributed by atoms with E-state index < -0.39 is 12.0 Å². The molecule has 0 radical (unpaired) electrons. The highest BCUT2D eigenvalue weighted by atomic mass is 16.6. The molecule has 0 saturated heterocycles. The average molecular weight is 1080 g/mol. The third kappa shape index (κ3) is 13.1. The number of hydrogen-bond acceptors (Lipinski definition) is 13. The van der Waals surface area contributed by atoms with E-state index in [1.165, 1.54) is 0 Å². The predicted octanol–water partition coefficient (Wildman–Crippen LogP) is 11.4. The zero-order chi connectivity index (χ0) is 55.5. The third-order valence-electron chi connectivity index (χ3n) is 15.0. The molecule has 8 heterocycles. The number of carbonyl (C=O) groups is 2. The smallest absolute Gasteiger partial charge is 0.415 e. The number of amides is 1. The van der Waals surface area contributed by atoms with Gasteiger partial charge in [0.1, 0.15) is 18.1 Å². The minimum Gasteiger partial charge on any atom is -0.494 e. The van der Waals surface area contributed by atoms with Crippen LogP contribution in [0.25, 0.3) is 22.3 Å². The second-order valence-corrected chi connectivity index (χ2v) is 20.8. The lowest BCUT2D eigenvalue weighted by Gasteiger charge is -2.25. The SMILES string of the molecule is CCc1c2c(nc3ccc(OC(=O)N(CCCCOc4cc(CN(Cc5ccccn5)Cc5ccccn5)cc(CN(Cc5ccccn5)Cc5ccccn5)c4)Cc4ccccc4)cc13)-c1cc3c(c(=O)n1C2)COC(=O)C3CC. The molecule has 9 aromatic rings. The number of carbonyl (C=O) groups excluding carboxylic acids is 2. The highest BCUT2D eigenvalue weighted by Crippen LogP contribution is 2.40. The van der Waals surface area contributed by atoms with Gasteiger partial charge < -0.3 is 23.7 Å². The fourth-order valence-electron chi connectivity index (χ4n) is 11.2. The quantitative estimate of drug-likeness (QED) is 0.0440. The van der Waals surface area contributed by atoms with Crippen LogP contribution in [0.5, 0.6) is 11.5 Å². The first-order chi connectivity index (χ1) is 39.7. The number of hydrogen-bond donors (Lipinski definition) is 0. The number of rotatable bonds is 23. The van der Waals surface area contributed by atoms with Crippen molar-refractivity contribution in [3.05, 3.63) is 242 Å². The summed E-state index contributed by atoms with van der Waals surface area (Å²) >= 11 is 0. The lowest BCUT2D eigenvalue weighted by Crippen LogP contribution is -2.34. The van der Waals surface area contributed by atoms with Crippen LogP contribution in [0.1, 0.15) is 101 Å². The van der Waals surface area contributed by atoms with Crippen molar-refractivity contribution in [3.63, 3.8) is 0 Å². The third-order valence-corrected chi connectivity index (χ3v) is 15.0. The number of nitrogens with zero attached hydrogens (tertiary/aromatic N) is 9. The molecule has 0 N–H and O–H groups in total. The highest BCUT2D eigenvalue weighted by molar-refractivity contribution is 5.90. The molecular weight excluding hydrogens is 1010 g/mol. The van der Waals surface area contributed by atoms with Crippen LogP contribution >= 0.6 is 0 Å². The number of cyclic esters (lactones) is 1. The number of pyridine rings is 6. The van der Waals surface area contributed by atoms with Crippen LogP contribution in [0.3, 0.4) is 0 Å². The minimum absolute atomic E-state index is 0.0276. The Balaban J connectivity index is 0.809. The van der Waals surface area contributed by atoms with Crippen LogP contribution in [-0.2, 0) is 74.9 Å². The molecule has 1 atom stereocenters. The van der Waals surface area contributed by atoms with Crippen LogP contribution in [0.15, 0.2) is 175 Å². The summed E-state index contributed by atoms with van der Waals surface area (Å²) in [6, 6.07) is 48.0. The summed E-state index contributed by atoms with van der Waals surface area (Å²) in [6.45, 7) is 9.34. The lowest BCUT2D eigenvalue weighted by molar-refractivity contribution is -0.148. The molecule has 2 aliphatic heterocycles. The van der Waals surface area contributed by atoms with Crippen molar-refractivity contribution in [1.82, 2.24) is 44.2 Å². The summed E-state index contributed by atoms with van der Waals surface area (Å²) < 4.78 is 20.1. The van der Waals surface area contributed by atoms with E-state index in [4.69, 9.17) is 19.2 Å². The standard InChI is InChI=1S/C66H65N9O6/c1-3-55-58-35-53(24-25-61(58)71-63-59(55)44-75-62(63)36-57-56(4-2)65(77)80-45-60(57)64(75)76)81-66(78)74(39-46-18-6-5-7-19-46)30-16-17-31-79-54-33-47(37-72(40-49-20-8-12-26-67-49)41-50-21-9-13-27-68-50)32-48(34-54)38-73(42-51-22-10-14-28-69-51)43-52-23-11-15-29-70-52/h5-15,18-29,32-36,56H,3-4,16-17,30-31,37-45H2,1-2H3. The number of fused-ring (bicyclic) bond motifs is 5. The van der Waals surface area contributed by atoms with Crippen molar-refractivity contribution in [2.75, 3.05) is 13.2 Å². The molecule has 81 heavy (non-hydrogen) atoms. The van der Waals surface area contributed by atoms with Gasteiger partial charge in [-0.3, -0.25) is 39.3 Å². The van der Waals surface area contributed by atoms with Crippen LogP contribution in [0.4, 0.5) is 4.79 Å². The molecule has 0 spiro atoms. The molecule has 410 valence electrons. The average Bonchev–Trinajstić information content (AvgIpc) is 4.13. The van der Waals surface area contributed by atoms with E-state index in [-0.39, 0.29) is 18.1 Å². The van der Waals surface area contributed by atoms with Crippen molar-refractivity contribution < 1.29 is 23.8 Å². The molecule has 11 rings (SSSR count). The van der Waals surface area contributed by atoms with E-state index in [0.717, 1.165) is 78.5 Å². The second-order valence-electron chi connectivity index (χ2n) is 20.8. The van der Waals surface area contributed by atoms with Gasteiger partial charge in [-0.1, -0.05) is 74.5 Å². The van der Waals surface area contributed by atoms with Crippen LogP contribution in [0.2, 0.25) is 0 Å². The van der Waals surface area contributed by atoms with Gasteiger partial charge in [-0.2, -0.15) is 0 Å². The Labute approximate surface area is 471 Å². The summed E-state index contributed by atoms with van der Waals surface area (Å²) in [7, 11) is 0. The van der Waals surface area contributed by atoms with E-state index in [0.29, 0.717) is 108 Å². The number of aryl methyl sites for hydroxylation is 1. The molecule has 3 aromatic carbocycles. The molecule has 0 saturated carbocycles. The highest BCUT2D eigenvalue weighted by Gasteiger charge is 2.35. The maximum absolute atomic E-state index is 14.3. The van der Waals surface area contributed by atoms with Gasteiger partial charge in [0.05, 0.1) is 64.3 Å². The normalized spacial score (nSPS) is 13.4. The molecule has 15 nitrogen and oxygen atoms in total. The first-order valence-electron chi connectivity index (χ1n) is 27.9. The van der Waals surface area contributed by atoms with Crippen LogP contribution in [0, 0.1) is 0 Å². The van der Waals surface area contributed by atoms with Crippen LogP contribution in [-0.4, -0.2) is 69.4 Å². The molecule has 0 fully saturated rings. The van der Waals surface area contributed by atoms with Gasteiger partial charge in [0.25, 0.3) is 5.56 Å². The molecule has 1 unspecified atom stereocenters. The molecule has 6 aromatic heterocycles. The summed E-state index contributed by atoms with van der Waals surface area (Å²) in [5.74, 6) is 0.380. The van der Waals surface area contributed by atoms with Crippen molar-refractivity contribution >= 4 is 23.0 Å². The summed E-state index contributed by atoms with van der Waals surface area (Å²) in [5, 5.41) is 0.860. The Morgan fingerprint density at radius 1 is 0.617 bits per heavy atom. The molecule has 2 aliphatic rings. The van der Waals surface area contributed by atoms with E-state index in [9.17, 15) is 14.4 Å². The predicted molar refractivity (Wildman–Crippen MR) is 310 cm³/mol. The number of benzene rings is 3. The summed E-state index contributed by atoms with van der Waals surface area (Å²) in [6.07, 6.45) is 9.41. The van der Waals surface area contributed by atoms with Gasteiger partial charge in [0.15, 0.2) is 0 Å². The molecule has 15 heteroatoms. The minimum atomic E-state index is -0.489.